The van der Waals surface area contributed by atoms with Gasteiger partial charge in [-0.2, -0.15) is 4.57 Å². The molecule has 4 nitrogen and oxygen atoms in total. The summed E-state index contributed by atoms with van der Waals surface area (Å²) < 4.78 is 29.4. The summed E-state index contributed by atoms with van der Waals surface area (Å²) in [5.74, 6) is 0.923. The van der Waals surface area contributed by atoms with Crippen LogP contribution in [-0.2, 0) is 9.09 Å². The molecule has 0 bridgehead atoms. The highest BCUT2D eigenvalue weighted by Crippen LogP contribution is 2.51. The van der Waals surface area contributed by atoms with Gasteiger partial charge in [-0.15, -0.1) is 0 Å². The van der Waals surface area contributed by atoms with Gasteiger partial charge >= 0.3 is 7.82 Å². The van der Waals surface area contributed by atoms with Crippen LogP contribution in [0.25, 0.3) is 0 Å². The van der Waals surface area contributed by atoms with Gasteiger partial charge in [-0.25, -0.2) is 0 Å². The maximum atomic E-state index is 13.0. The van der Waals surface area contributed by atoms with E-state index >= 15 is 0 Å². The first-order chi connectivity index (χ1) is 11.6. The third kappa shape index (κ3) is 5.82. The molecule has 0 aliphatic carbocycles. The lowest BCUT2D eigenvalue weighted by molar-refractivity contribution is 0.263. The molecular weight excluding hydrogens is 323 g/mol. The molecule has 0 spiro atoms. The van der Waals surface area contributed by atoms with E-state index in [4.69, 9.17) is 13.6 Å². The SMILES string of the molecule is C=C(/C=C\C=C/C)OP(=O)(Oc1ccccc1)Oc1ccccc1. The lowest BCUT2D eigenvalue weighted by Gasteiger charge is -2.19. The Morgan fingerprint density at radius 2 is 1.42 bits per heavy atom. The molecule has 0 unspecified atom stereocenters. The van der Waals surface area contributed by atoms with E-state index in [-0.39, 0.29) is 5.76 Å². The topological polar surface area (TPSA) is 44.8 Å². The van der Waals surface area contributed by atoms with Gasteiger partial charge in [0.15, 0.2) is 0 Å². The van der Waals surface area contributed by atoms with Crippen molar-refractivity contribution in [3.8, 4) is 11.5 Å². The van der Waals surface area contributed by atoms with Crippen LogP contribution in [0.2, 0.25) is 0 Å². The molecule has 0 saturated carbocycles. The van der Waals surface area contributed by atoms with Crippen LogP contribution in [0.4, 0.5) is 0 Å². The Bertz CT molecular complexity index is 706. The van der Waals surface area contributed by atoms with Crippen LogP contribution in [0.15, 0.2) is 97.3 Å². The zero-order valence-corrected chi connectivity index (χ0v) is 14.3. The standard InChI is InChI=1S/C19H19O4P/c1-3-4-7-12-17(2)21-24(20,22-18-13-8-5-9-14-18)23-19-15-10-6-11-16-19/h3-16H,2H2,1H3/b4-3-,12-7-. The maximum Gasteiger partial charge on any atom is 0.647 e. The van der Waals surface area contributed by atoms with E-state index in [9.17, 15) is 4.57 Å². The van der Waals surface area contributed by atoms with Crippen molar-refractivity contribution in [1.29, 1.82) is 0 Å². The van der Waals surface area contributed by atoms with E-state index in [1.165, 1.54) is 0 Å². The molecule has 0 saturated heterocycles. The lowest BCUT2D eigenvalue weighted by atomic mass is 10.3. The minimum atomic E-state index is -3.94. The van der Waals surface area contributed by atoms with Crippen molar-refractivity contribution in [3.05, 3.63) is 97.3 Å². The summed E-state index contributed by atoms with van der Waals surface area (Å²) in [5, 5.41) is 0. The highest BCUT2D eigenvalue weighted by molar-refractivity contribution is 7.49. The average Bonchev–Trinajstić information content (AvgIpc) is 2.56. The molecule has 0 heterocycles. The Morgan fingerprint density at radius 1 is 0.917 bits per heavy atom. The minimum absolute atomic E-state index is 0.170. The molecular formula is C19H19O4P. The number of allylic oxidation sites excluding steroid dienone is 4. The third-order valence-electron chi connectivity index (χ3n) is 2.74. The molecule has 124 valence electrons. The van der Waals surface area contributed by atoms with Gasteiger partial charge in [-0.1, -0.05) is 61.2 Å². The molecule has 0 aromatic heterocycles. The largest absolute Gasteiger partial charge is 0.647 e. The van der Waals surface area contributed by atoms with Crippen LogP contribution in [0.1, 0.15) is 6.92 Å². The van der Waals surface area contributed by atoms with E-state index in [1.807, 2.05) is 25.1 Å². The molecule has 2 rings (SSSR count). The predicted molar refractivity (Wildman–Crippen MR) is 95.9 cm³/mol. The Labute approximate surface area is 142 Å². The molecule has 0 N–H and O–H groups in total. The molecule has 2 aromatic rings. The van der Waals surface area contributed by atoms with Gasteiger partial charge in [-0.05, 0) is 37.3 Å². The normalized spacial score (nSPS) is 11.5. The Balaban J connectivity index is 2.20. The van der Waals surface area contributed by atoms with Crippen molar-refractivity contribution < 1.29 is 18.1 Å². The number of hydrogen-bond acceptors (Lipinski definition) is 4. The molecule has 0 aliphatic rings. The summed E-state index contributed by atoms with van der Waals surface area (Å²) in [5.41, 5.74) is 0. The third-order valence-corrected chi connectivity index (χ3v) is 4.06. The van der Waals surface area contributed by atoms with Crippen molar-refractivity contribution in [3.63, 3.8) is 0 Å². The van der Waals surface area contributed by atoms with Crippen LogP contribution in [0.3, 0.4) is 0 Å². The van der Waals surface area contributed by atoms with Crippen molar-refractivity contribution >= 4 is 7.82 Å². The second kappa shape index (κ2) is 8.80. The minimum Gasteiger partial charge on any atom is -0.387 e. The fraction of sp³-hybridized carbons (Fsp3) is 0.0526. The Hall–Kier alpha value is -2.71. The summed E-state index contributed by atoms with van der Waals surface area (Å²) >= 11 is 0. The quantitative estimate of drug-likeness (QED) is 0.339. The summed E-state index contributed by atoms with van der Waals surface area (Å²) in [7, 11) is -3.94. The van der Waals surface area contributed by atoms with E-state index in [2.05, 4.69) is 6.58 Å². The van der Waals surface area contributed by atoms with Gasteiger partial charge in [-0.3, -0.25) is 0 Å². The second-order valence-corrected chi connectivity index (χ2v) is 6.14. The number of hydrogen-bond donors (Lipinski definition) is 0. The van der Waals surface area contributed by atoms with E-state index in [1.54, 1.807) is 66.8 Å². The summed E-state index contributed by atoms with van der Waals surface area (Å²) in [6.45, 7) is 5.60. The van der Waals surface area contributed by atoms with Crippen molar-refractivity contribution in [2.24, 2.45) is 0 Å². The van der Waals surface area contributed by atoms with Crippen LogP contribution in [0.5, 0.6) is 11.5 Å². The fourth-order valence-corrected chi connectivity index (χ4v) is 2.94. The number of benzene rings is 2. The van der Waals surface area contributed by atoms with Gasteiger partial charge < -0.3 is 13.6 Å². The predicted octanol–water partition coefficient (Wildman–Crippen LogP) is 5.92. The maximum absolute atomic E-state index is 13.0. The summed E-state index contributed by atoms with van der Waals surface area (Å²) in [4.78, 5) is 0. The first-order valence-corrected chi connectivity index (χ1v) is 8.84. The molecule has 5 heteroatoms. The summed E-state index contributed by atoms with van der Waals surface area (Å²) in [6, 6.07) is 17.4. The number of phosphoric ester groups is 1. The van der Waals surface area contributed by atoms with Gasteiger partial charge in [0.05, 0.1) is 0 Å². The number of phosphoric acid groups is 1. The van der Waals surface area contributed by atoms with E-state index in [0.717, 1.165) is 0 Å². The van der Waals surface area contributed by atoms with Gasteiger partial charge in [0.25, 0.3) is 0 Å². The highest BCUT2D eigenvalue weighted by Gasteiger charge is 2.33. The molecule has 0 fully saturated rings. The average molecular weight is 342 g/mol. The zero-order valence-electron chi connectivity index (χ0n) is 13.4. The molecule has 0 atom stereocenters. The molecule has 0 amide bonds. The lowest BCUT2D eigenvalue weighted by Crippen LogP contribution is -2.04. The zero-order chi connectivity index (χ0) is 17.3. The molecule has 2 aromatic carbocycles. The Morgan fingerprint density at radius 3 is 1.88 bits per heavy atom. The number of rotatable bonds is 8. The smallest absolute Gasteiger partial charge is 0.387 e. The molecule has 0 radical (unpaired) electrons. The van der Waals surface area contributed by atoms with Crippen molar-refractivity contribution in [1.82, 2.24) is 0 Å². The highest BCUT2D eigenvalue weighted by atomic mass is 31.2. The summed E-state index contributed by atoms with van der Waals surface area (Å²) in [6.07, 6.45) is 6.95. The molecule has 24 heavy (non-hydrogen) atoms. The monoisotopic (exact) mass is 342 g/mol. The Kier molecular flexibility index (Phi) is 6.47. The van der Waals surface area contributed by atoms with Crippen LogP contribution >= 0.6 is 7.82 Å². The van der Waals surface area contributed by atoms with Crippen molar-refractivity contribution in [2.45, 2.75) is 6.92 Å². The van der Waals surface area contributed by atoms with Gasteiger partial charge in [0.2, 0.25) is 0 Å². The second-order valence-electron chi connectivity index (χ2n) is 4.70. The van der Waals surface area contributed by atoms with E-state index in [0.29, 0.717) is 11.5 Å². The van der Waals surface area contributed by atoms with Gasteiger partial charge in [0, 0.05) is 0 Å². The number of para-hydroxylation sites is 2. The fourth-order valence-electron chi connectivity index (χ4n) is 1.72. The van der Waals surface area contributed by atoms with Crippen LogP contribution in [0, 0.1) is 0 Å². The first-order valence-electron chi connectivity index (χ1n) is 7.38. The first kappa shape index (κ1) is 17.6. The van der Waals surface area contributed by atoms with Crippen LogP contribution in [-0.4, -0.2) is 0 Å². The molecule has 0 aliphatic heterocycles. The van der Waals surface area contributed by atoms with Crippen molar-refractivity contribution in [2.75, 3.05) is 0 Å². The van der Waals surface area contributed by atoms with Crippen LogP contribution < -0.4 is 9.05 Å². The van der Waals surface area contributed by atoms with Gasteiger partial charge in [0.1, 0.15) is 17.3 Å². The van der Waals surface area contributed by atoms with E-state index < -0.39 is 7.82 Å².